The van der Waals surface area contributed by atoms with Crippen LogP contribution in [0.2, 0.25) is 5.02 Å². The average Bonchev–Trinajstić information content (AvgIpc) is 2.56. The van der Waals surface area contributed by atoms with Crippen molar-refractivity contribution in [2.45, 2.75) is 19.1 Å². The predicted molar refractivity (Wildman–Crippen MR) is 115 cm³/mol. The number of aryl methyl sites for hydroxylation is 1. The Morgan fingerprint density at radius 2 is 2.04 bits per heavy atom. The Balaban J connectivity index is 1.61. The Kier molecular flexibility index (Phi) is 8.39. The molecule has 0 atom stereocenters. The Labute approximate surface area is 166 Å². The maximum absolute atomic E-state index is 6.15. The van der Waals surface area contributed by atoms with Crippen LogP contribution in [-0.2, 0) is 5.75 Å². The first-order valence-corrected chi connectivity index (χ1v) is 10.4. The largest absolute Gasteiger partial charge is 0.362 e. The fourth-order valence-corrected chi connectivity index (χ4v) is 3.78. The van der Waals surface area contributed by atoms with E-state index in [0.717, 1.165) is 39.7 Å². The minimum Gasteiger partial charge on any atom is -0.362 e. The lowest BCUT2D eigenvalue weighted by Gasteiger charge is -2.11. The molecule has 2 N–H and O–H groups in total. The van der Waals surface area contributed by atoms with Gasteiger partial charge in [0.15, 0.2) is 5.11 Å². The van der Waals surface area contributed by atoms with Crippen molar-refractivity contribution in [3.63, 3.8) is 0 Å². The fraction of sp³-hybridized carbons (Fsp3) is 0.278. The topological polar surface area (TPSA) is 24.1 Å². The molecular formula is C18H20BrClN2S2. The van der Waals surface area contributed by atoms with Crippen molar-refractivity contribution >= 4 is 62.3 Å². The van der Waals surface area contributed by atoms with E-state index in [9.17, 15) is 0 Å². The molecule has 0 unspecified atom stereocenters. The molecule has 0 saturated heterocycles. The Morgan fingerprint density at radius 3 is 2.79 bits per heavy atom. The van der Waals surface area contributed by atoms with Crippen LogP contribution in [0.5, 0.6) is 0 Å². The molecule has 2 nitrogen and oxygen atoms in total. The van der Waals surface area contributed by atoms with E-state index in [-0.39, 0.29) is 0 Å². The van der Waals surface area contributed by atoms with Gasteiger partial charge >= 0.3 is 0 Å². The second kappa shape index (κ2) is 10.3. The summed E-state index contributed by atoms with van der Waals surface area (Å²) in [5, 5.41) is 7.96. The summed E-state index contributed by atoms with van der Waals surface area (Å²) in [7, 11) is 0. The zero-order valence-corrected chi connectivity index (χ0v) is 17.4. The van der Waals surface area contributed by atoms with Gasteiger partial charge in [-0.15, -0.1) is 0 Å². The smallest absolute Gasteiger partial charge is 0.170 e. The molecule has 6 heteroatoms. The molecule has 0 saturated carbocycles. The fourth-order valence-electron chi connectivity index (χ4n) is 2.07. The molecule has 0 bridgehead atoms. The van der Waals surface area contributed by atoms with E-state index < -0.39 is 0 Å². The monoisotopic (exact) mass is 442 g/mol. The van der Waals surface area contributed by atoms with E-state index in [4.69, 9.17) is 23.8 Å². The van der Waals surface area contributed by atoms with E-state index in [1.54, 1.807) is 0 Å². The molecule has 0 radical (unpaired) electrons. The second-order valence-electron chi connectivity index (χ2n) is 5.34. The van der Waals surface area contributed by atoms with E-state index in [2.05, 4.69) is 45.6 Å². The number of thioether (sulfide) groups is 1. The SMILES string of the molecule is Cc1cc(NC(=S)NCCCSCc2ccccc2Cl)ccc1Br. The lowest BCUT2D eigenvalue weighted by atomic mass is 10.2. The van der Waals surface area contributed by atoms with Gasteiger partial charge in [0.05, 0.1) is 0 Å². The molecular weight excluding hydrogens is 424 g/mol. The summed E-state index contributed by atoms with van der Waals surface area (Å²) in [4.78, 5) is 0. The Morgan fingerprint density at radius 1 is 1.25 bits per heavy atom. The van der Waals surface area contributed by atoms with Gasteiger partial charge in [-0.1, -0.05) is 45.7 Å². The molecule has 0 heterocycles. The molecule has 0 aliphatic heterocycles. The van der Waals surface area contributed by atoms with Crippen LogP contribution in [0.4, 0.5) is 5.69 Å². The van der Waals surface area contributed by atoms with Gasteiger partial charge < -0.3 is 10.6 Å². The number of anilines is 1. The van der Waals surface area contributed by atoms with Crippen LogP contribution in [-0.4, -0.2) is 17.4 Å². The molecule has 0 aliphatic carbocycles. The van der Waals surface area contributed by atoms with E-state index in [0.29, 0.717) is 5.11 Å². The molecule has 0 aliphatic rings. The van der Waals surface area contributed by atoms with Crippen molar-refractivity contribution in [2.75, 3.05) is 17.6 Å². The summed E-state index contributed by atoms with van der Waals surface area (Å²) in [5.41, 5.74) is 3.37. The number of benzene rings is 2. The van der Waals surface area contributed by atoms with Crippen LogP contribution >= 0.6 is 51.5 Å². The van der Waals surface area contributed by atoms with Crippen molar-refractivity contribution < 1.29 is 0 Å². The van der Waals surface area contributed by atoms with Gasteiger partial charge in [-0.05, 0) is 66.7 Å². The number of halogens is 2. The normalized spacial score (nSPS) is 10.5. The third kappa shape index (κ3) is 6.63. The Hall–Kier alpha value is -0.750. The van der Waals surface area contributed by atoms with Gasteiger partial charge in [-0.25, -0.2) is 0 Å². The minimum atomic E-state index is 0.660. The molecule has 2 aromatic rings. The molecule has 2 rings (SSSR count). The third-order valence-electron chi connectivity index (χ3n) is 3.38. The van der Waals surface area contributed by atoms with Gasteiger partial charge in [0, 0.05) is 27.5 Å². The first kappa shape index (κ1) is 19.6. The van der Waals surface area contributed by atoms with Gasteiger partial charge in [-0.2, -0.15) is 11.8 Å². The van der Waals surface area contributed by atoms with Crippen LogP contribution in [0.1, 0.15) is 17.5 Å². The quantitative estimate of drug-likeness (QED) is 0.403. The van der Waals surface area contributed by atoms with Crippen molar-refractivity contribution in [3.8, 4) is 0 Å². The highest BCUT2D eigenvalue weighted by Crippen LogP contribution is 2.21. The molecule has 0 spiro atoms. The predicted octanol–water partition coefficient (Wildman–Crippen LogP) is 6.02. The summed E-state index contributed by atoms with van der Waals surface area (Å²) in [6, 6.07) is 14.1. The first-order valence-electron chi connectivity index (χ1n) is 7.68. The number of nitrogens with one attached hydrogen (secondary N) is 2. The van der Waals surface area contributed by atoms with Crippen LogP contribution in [0, 0.1) is 6.92 Å². The van der Waals surface area contributed by atoms with Crippen LogP contribution in [0.3, 0.4) is 0 Å². The van der Waals surface area contributed by atoms with E-state index in [1.165, 1.54) is 11.1 Å². The van der Waals surface area contributed by atoms with Gasteiger partial charge in [-0.3, -0.25) is 0 Å². The first-order chi connectivity index (χ1) is 11.6. The van der Waals surface area contributed by atoms with Crippen molar-refractivity contribution in [2.24, 2.45) is 0 Å². The summed E-state index contributed by atoms with van der Waals surface area (Å²) in [5.74, 6) is 2.01. The number of hydrogen-bond donors (Lipinski definition) is 2. The van der Waals surface area contributed by atoms with Gasteiger partial charge in [0.25, 0.3) is 0 Å². The summed E-state index contributed by atoms with van der Waals surface area (Å²) >= 11 is 16.9. The van der Waals surface area contributed by atoms with Gasteiger partial charge in [0.2, 0.25) is 0 Å². The maximum Gasteiger partial charge on any atom is 0.170 e. The minimum absolute atomic E-state index is 0.660. The maximum atomic E-state index is 6.15. The molecule has 24 heavy (non-hydrogen) atoms. The van der Waals surface area contributed by atoms with E-state index >= 15 is 0 Å². The highest BCUT2D eigenvalue weighted by Gasteiger charge is 2.01. The standard InChI is InChI=1S/C18H20BrClN2S2/c1-13-11-15(7-8-16(13)19)22-18(23)21-9-4-10-24-12-14-5-2-3-6-17(14)20/h2-3,5-8,11H,4,9-10,12H2,1H3,(H2,21,22,23). The van der Waals surface area contributed by atoms with E-state index in [1.807, 2.05) is 42.1 Å². The molecule has 128 valence electrons. The van der Waals surface area contributed by atoms with Crippen molar-refractivity contribution in [1.29, 1.82) is 0 Å². The molecule has 0 amide bonds. The Bertz CT molecular complexity index is 694. The zero-order chi connectivity index (χ0) is 17.4. The van der Waals surface area contributed by atoms with Crippen molar-refractivity contribution in [1.82, 2.24) is 5.32 Å². The van der Waals surface area contributed by atoms with Crippen LogP contribution in [0.15, 0.2) is 46.9 Å². The highest BCUT2D eigenvalue weighted by atomic mass is 79.9. The lowest BCUT2D eigenvalue weighted by molar-refractivity contribution is 0.854. The number of thiocarbonyl (C=S) groups is 1. The molecule has 0 aromatic heterocycles. The summed E-state index contributed by atoms with van der Waals surface area (Å²) < 4.78 is 1.10. The highest BCUT2D eigenvalue weighted by molar-refractivity contribution is 9.10. The summed E-state index contributed by atoms with van der Waals surface area (Å²) in [6.45, 7) is 2.92. The van der Waals surface area contributed by atoms with Gasteiger partial charge in [0.1, 0.15) is 0 Å². The number of rotatable bonds is 7. The number of hydrogen-bond acceptors (Lipinski definition) is 2. The van der Waals surface area contributed by atoms with Crippen molar-refractivity contribution in [3.05, 3.63) is 63.1 Å². The molecule has 0 fully saturated rings. The van der Waals surface area contributed by atoms with Crippen LogP contribution in [0.25, 0.3) is 0 Å². The lowest BCUT2D eigenvalue weighted by Crippen LogP contribution is -2.29. The van der Waals surface area contributed by atoms with Crippen LogP contribution < -0.4 is 10.6 Å². The summed E-state index contributed by atoms with van der Waals surface area (Å²) in [6.07, 6.45) is 1.05. The third-order valence-corrected chi connectivity index (χ3v) is 5.98. The average molecular weight is 444 g/mol. The molecule has 2 aromatic carbocycles. The second-order valence-corrected chi connectivity index (χ2v) is 8.12. The zero-order valence-electron chi connectivity index (χ0n) is 13.4.